The Kier molecular flexibility index (Phi) is 9.35. The monoisotopic (exact) mass is 364 g/mol. The van der Waals surface area contributed by atoms with E-state index in [2.05, 4.69) is 98.7 Å². The molecule has 0 aliphatic rings. The highest BCUT2D eigenvalue weighted by atomic mass is 15.1. The highest BCUT2D eigenvalue weighted by Crippen LogP contribution is 2.29. The average Bonchev–Trinajstić information content (AvgIpc) is 2.79. The highest BCUT2D eigenvalue weighted by molar-refractivity contribution is 5.23. The molecule has 0 unspecified atom stereocenters. The Morgan fingerprint density at radius 1 is 0.846 bits per heavy atom. The number of hydrogen-bond acceptors (Lipinski definition) is 3. The maximum Gasteiger partial charge on any atom is 0.158 e. The summed E-state index contributed by atoms with van der Waals surface area (Å²) in [7, 11) is 0. The third-order valence-electron chi connectivity index (χ3n) is 3.84. The summed E-state index contributed by atoms with van der Waals surface area (Å²) in [4.78, 5) is 4.37. The highest BCUT2D eigenvalue weighted by Gasteiger charge is 2.26. The zero-order chi connectivity index (χ0) is 20.3. The Hall–Kier alpha value is -1.34. The van der Waals surface area contributed by atoms with Gasteiger partial charge in [-0.05, 0) is 44.4 Å². The molecule has 1 rings (SSSR count). The number of aromatic nitrogens is 2. The van der Waals surface area contributed by atoms with Crippen LogP contribution in [0.3, 0.4) is 0 Å². The lowest BCUT2D eigenvalue weighted by Gasteiger charge is -2.28. The molecule has 0 radical (unpaired) electrons. The molecule has 0 amide bonds. The molecule has 0 aromatic carbocycles. The van der Waals surface area contributed by atoms with Crippen LogP contribution in [0.5, 0.6) is 0 Å². The van der Waals surface area contributed by atoms with Gasteiger partial charge in [0.05, 0.1) is 0 Å². The van der Waals surface area contributed by atoms with Gasteiger partial charge in [0.25, 0.3) is 0 Å². The minimum Gasteiger partial charge on any atom is -0.344 e. The van der Waals surface area contributed by atoms with Gasteiger partial charge in [0.2, 0.25) is 0 Å². The molecule has 0 atom stereocenters. The van der Waals surface area contributed by atoms with Crippen LogP contribution in [-0.4, -0.2) is 9.55 Å². The van der Waals surface area contributed by atoms with Gasteiger partial charge < -0.3 is 10.7 Å². The molecule has 26 heavy (non-hydrogen) atoms. The zero-order valence-corrected chi connectivity index (χ0v) is 19.5. The SMILES string of the molecule is CC(C)(C)CCC(C)(C)C.CC(C)(C)c1nc(C#N)cn1C(C)(C)C.N. The van der Waals surface area contributed by atoms with Crippen LogP contribution >= 0.6 is 0 Å². The molecule has 0 spiro atoms. The van der Waals surface area contributed by atoms with Gasteiger partial charge in [0.15, 0.2) is 5.69 Å². The van der Waals surface area contributed by atoms with E-state index >= 15 is 0 Å². The lowest BCUT2D eigenvalue weighted by Crippen LogP contribution is -2.29. The molecule has 4 nitrogen and oxygen atoms in total. The molecular weight excluding hydrogens is 320 g/mol. The van der Waals surface area contributed by atoms with Crippen molar-refractivity contribution in [2.45, 2.75) is 107 Å². The maximum absolute atomic E-state index is 8.88. The average molecular weight is 365 g/mol. The normalized spacial score (nSPS) is 12.6. The minimum absolute atomic E-state index is 0. The molecule has 0 saturated carbocycles. The van der Waals surface area contributed by atoms with Crippen molar-refractivity contribution < 1.29 is 0 Å². The van der Waals surface area contributed by atoms with Crippen molar-refractivity contribution in [1.29, 1.82) is 5.26 Å². The molecule has 0 aliphatic heterocycles. The summed E-state index contributed by atoms with van der Waals surface area (Å²) in [5, 5.41) is 8.88. The van der Waals surface area contributed by atoms with Crippen molar-refractivity contribution >= 4 is 0 Å². The van der Waals surface area contributed by atoms with Crippen molar-refractivity contribution in [3.63, 3.8) is 0 Å². The van der Waals surface area contributed by atoms with E-state index in [0.29, 0.717) is 16.5 Å². The standard InChI is InChI=1S/C12H19N3.C10H22.H3N/c1-11(2,3)10-14-9(7-13)8-15(10)12(4,5)6;1-9(2,3)7-8-10(4,5)6;/h8H,1-6H3;7-8H2,1-6H3;1H3. The Balaban J connectivity index is 0. The lowest BCUT2D eigenvalue weighted by atomic mass is 9.81. The number of nitrogens with zero attached hydrogens (tertiary/aromatic N) is 3. The molecule has 1 aromatic heterocycles. The second kappa shape index (κ2) is 9.04. The summed E-state index contributed by atoms with van der Waals surface area (Å²) in [5.74, 6) is 0.964. The molecule has 1 aromatic rings. The maximum atomic E-state index is 8.88. The van der Waals surface area contributed by atoms with Gasteiger partial charge >= 0.3 is 0 Å². The number of imidazole rings is 1. The third kappa shape index (κ3) is 10.6. The molecule has 0 aliphatic carbocycles. The van der Waals surface area contributed by atoms with Crippen LogP contribution < -0.4 is 6.15 Å². The van der Waals surface area contributed by atoms with Crippen LogP contribution in [-0.2, 0) is 11.0 Å². The number of rotatable bonds is 1. The van der Waals surface area contributed by atoms with Crippen molar-refractivity contribution in [2.24, 2.45) is 10.8 Å². The fourth-order valence-corrected chi connectivity index (χ4v) is 2.22. The van der Waals surface area contributed by atoms with Crippen molar-refractivity contribution in [3.8, 4) is 6.07 Å². The summed E-state index contributed by atoms with van der Waals surface area (Å²) in [6.45, 7) is 26.5. The molecule has 0 saturated heterocycles. The Bertz CT molecular complexity index is 531. The molecule has 4 heteroatoms. The lowest BCUT2D eigenvalue weighted by molar-refractivity contribution is 0.275. The smallest absolute Gasteiger partial charge is 0.158 e. The third-order valence-corrected chi connectivity index (χ3v) is 3.84. The fraction of sp³-hybridized carbons (Fsp3) is 0.818. The van der Waals surface area contributed by atoms with Crippen LogP contribution in [0.4, 0.5) is 0 Å². The predicted octanol–water partition coefficient (Wildman–Crippen LogP) is 6.83. The fourth-order valence-electron chi connectivity index (χ4n) is 2.22. The number of nitriles is 1. The van der Waals surface area contributed by atoms with E-state index in [1.54, 1.807) is 0 Å². The zero-order valence-electron chi connectivity index (χ0n) is 19.5. The van der Waals surface area contributed by atoms with Gasteiger partial charge in [-0.3, -0.25) is 0 Å². The summed E-state index contributed by atoms with van der Waals surface area (Å²) < 4.78 is 2.09. The van der Waals surface area contributed by atoms with Crippen LogP contribution in [0.1, 0.15) is 107 Å². The summed E-state index contributed by atoms with van der Waals surface area (Å²) in [6, 6.07) is 2.10. The van der Waals surface area contributed by atoms with Crippen LogP contribution in [0.15, 0.2) is 6.20 Å². The van der Waals surface area contributed by atoms with Gasteiger partial charge in [-0.25, -0.2) is 4.98 Å². The quantitative estimate of drug-likeness (QED) is 0.593. The second-order valence-corrected chi connectivity index (χ2v) is 11.5. The van der Waals surface area contributed by atoms with Crippen molar-refractivity contribution in [1.82, 2.24) is 15.7 Å². The summed E-state index contributed by atoms with van der Waals surface area (Å²) in [5.41, 5.74) is 1.43. The largest absolute Gasteiger partial charge is 0.344 e. The van der Waals surface area contributed by atoms with Gasteiger partial charge in [-0.1, -0.05) is 62.3 Å². The molecule has 152 valence electrons. The van der Waals surface area contributed by atoms with E-state index in [1.165, 1.54) is 12.8 Å². The van der Waals surface area contributed by atoms with Gasteiger partial charge in [-0.2, -0.15) is 5.26 Å². The van der Waals surface area contributed by atoms with E-state index in [0.717, 1.165) is 5.82 Å². The molecule has 3 N–H and O–H groups in total. The first-order valence-electron chi connectivity index (χ1n) is 9.37. The predicted molar refractivity (Wildman–Crippen MR) is 114 cm³/mol. The van der Waals surface area contributed by atoms with Crippen LogP contribution in [0.25, 0.3) is 0 Å². The molecule has 1 heterocycles. The Morgan fingerprint density at radius 3 is 1.42 bits per heavy atom. The van der Waals surface area contributed by atoms with Crippen molar-refractivity contribution in [3.05, 3.63) is 17.7 Å². The number of hydrogen-bond donors (Lipinski definition) is 1. The van der Waals surface area contributed by atoms with E-state index in [-0.39, 0.29) is 17.1 Å². The first-order chi connectivity index (χ1) is 10.9. The van der Waals surface area contributed by atoms with Gasteiger partial charge in [0.1, 0.15) is 11.9 Å². The Morgan fingerprint density at radius 2 is 1.23 bits per heavy atom. The topological polar surface area (TPSA) is 76.6 Å². The first kappa shape index (κ1) is 26.9. The molecule has 0 fully saturated rings. The minimum atomic E-state index is -0.0393. The van der Waals surface area contributed by atoms with E-state index < -0.39 is 0 Å². The first-order valence-corrected chi connectivity index (χ1v) is 9.37. The van der Waals surface area contributed by atoms with Gasteiger partial charge in [-0.15, -0.1) is 0 Å². The summed E-state index contributed by atoms with van der Waals surface area (Å²) in [6.07, 6.45) is 4.49. The van der Waals surface area contributed by atoms with Crippen LogP contribution in [0, 0.1) is 22.2 Å². The van der Waals surface area contributed by atoms with E-state index in [4.69, 9.17) is 5.26 Å². The summed E-state index contributed by atoms with van der Waals surface area (Å²) >= 11 is 0. The van der Waals surface area contributed by atoms with Crippen LogP contribution in [0.2, 0.25) is 0 Å². The van der Waals surface area contributed by atoms with Crippen molar-refractivity contribution in [2.75, 3.05) is 0 Å². The van der Waals surface area contributed by atoms with Gasteiger partial charge in [0, 0.05) is 17.2 Å². The van der Waals surface area contributed by atoms with E-state index in [9.17, 15) is 0 Å². The molecule has 0 bridgehead atoms. The Labute approximate surface area is 163 Å². The second-order valence-electron chi connectivity index (χ2n) is 11.5. The van der Waals surface area contributed by atoms with E-state index in [1.807, 2.05) is 6.20 Å². The molecular formula is C22H44N4.